The summed E-state index contributed by atoms with van der Waals surface area (Å²) in [7, 11) is 0. The van der Waals surface area contributed by atoms with Gasteiger partial charge in [0.05, 0.1) is 0 Å². The molecule has 0 N–H and O–H groups in total. The molecule has 1 atom stereocenters. The molecule has 0 unspecified atom stereocenters. The number of hydrogen-bond acceptors (Lipinski definition) is 3. The molecule has 4 rings (SSSR count). The second-order valence-corrected chi connectivity index (χ2v) is 7.66. The van der Waals surface area contributed by atoms with Crippen LogP contribution in [0, 0.1) is 5.92 Å². The molecule has 4 heteroatoms. The zero-order valence-electron chi connectivity index (χ0n) is 13.9. The minimum Gasteiger partial charge on any atom is -0.333 e. The van der Waals surface area contributed by atoms with Crippen LogP contribution < -0.4 is 0 Å². The number of pyridine rings is 1. The van der Waals surface area contributed by atoms with E-state index in [1.165, 1.54) is 44.3 Å². The van der Waals surface area contributed by atoms with E-state index in [0.29, 0.717) is 5.91 Å². The third-order valence-electron chi connectivity index (χ3n) is 5.99. The van der Waals surface area contributed by atoms with Crippen LogP contribution >= 0.6 is 0 Å². The van der Waals surface area contributed by atoms with E-state index in [4.69, 9.17) is 0 Å². The summed E-state index contributed by atoms with van der Waals surface area (Å²) in [5, 5.41) is 0. The highest BCUT2D eigenvalue weighted by atomic mass is 16.2. The molecular formula is C19H27N3O. The van der Waals surface area contributed by atoms with Crippen LogP contribution in [0.3, 0.4) is 0 Å². The number of carbonyl (C=O) groups is 1. The van der Waals surface area contributed by atoms with E-state index in [0.717, 1.165) is 38.3 Å². The Kier molecular flexibility index (Phi) is 4.10. The average molecular weight is 313 g/mol. The van der Waals surface area contributed by atoms with Gasteiger partial charge in [0.25, 0.3) is 0 Å². The SMILES string of the molecule is O=C1CC[C@]2(CCCN(CC3CC3)CC2)N1Cc1ccncc1. The molecule has 1 amide bonds. The van der Waals surface area contributed by atoms with Crippen molar-refractivity contribution in [3.63, 3.8) is 0 Å². The molecule has 23 heavy (non-hydrogen) atoms. The van der Waals surface area contributed by atoms with Crippen molar-refractivity contribution in [3.05, 3.63) is 30.1 Å². The number of carbonyl (C=O) groups excluding carboxylic acids is 1. The highest BCUT2D eigenvalue weighted by molar-refractivity contribution is 5.79. The van der Waals surface area contributed by atoms with Crippen molar-refractivity contribution in [2.75, 3.05) is 19.6 Å². The lowest BCUT2D eigenvalue weighted by molar-refractivity contribution is -0.132. The van der Waals surface area contributed by atoms with E-state index >= 15 is 0 Å². The third-order valence-corrected chi connectivity index (χ3v) is 5.99. The molecule has 4 nitrogen and oxygen atoms in total. The first-order valence-electron chi connectivity index (χ1n) is 9.17. The predicted molar refractivity (Wildman–Crippen MR) is 89.8 cm³/mol. The molecule has 2 aliphatic heterocycles. The first kappa shape index (κ1) is 15.1. The Morgan fingerprint density at radius 3 is 2.74 bits per heavy atom. The van der Waals surface area contributed by atoms with Gasteiger partial charge in [0.1, 0.15) is 0 Å². The Morgan fingerprint density at radius 1 is 1.13 bits per heavy atom. The zero-order valence-corrected chi connectivity index (χ0v) is 13.9. The van der Waals surface area contributed by atoms with E-state index in [-0.39, 0.29) is 5.54 Å². The van der Waals surface area contributed by atoms with Crippen molar-refractivity contribution >= 4 is 5.91 Å². The van der Waals surface area contributed by atoms with E-state index in [1.54, 1.807) is 0 Å². The summed E-state index contributed by atoms with van der Waals surface area (Å²) in [6.07, 6.45) is 11.8. The fourth-order valence-electron chi connectivity index (χ4n) is 4.40. The summed E-state index contributed by atoms with van der Waals surface area (Å²) in [6, 6.07) is 4.07. The molecule has 3 aliphatic rings. The molecule has 3 fully saturated rings. The summed E-state index contributed by atoms with van der Waals surface area (Å²) in [5.74, 6) is 1.31. The molecule has 0 bridgehead atoms. The Balaban J connectivity index is 1.47. The van der Waals surface area contributed by atoms with E-state index < -0.39 is 0 Å². The lowest BCUT2D eigenvalue weighted by Gasteiger charge is -2.38. The predicted octanol–water partition coefficient (Wildman–Crippen LogP) is 2.84. The van der Waals surface area contributed by atoms with Gasteiger partial charge in [-0.2, -0.15) is 0 Å². The van der Waals surface area contributed by atoms with Crippen LogP contribution in [0.2, 0.25) is 0 Å². The molecule has 0 aromatic carbocycles. The topological polar surface area (TPSA) is 36.4 Å². The summed E-state index contributed by atoms with van der Waals surface area (Å²) >= 11 is 0. The molecule has 1 aliphatic carbocycles. The fourth-order valence-corrected chi connectivity index (χ4v) is 4.40. The van der Waals surface area contributed by atoms with Crippen LogP contribution in [0.15, 0.2) is 24.5 Å². The summed E-state index contributed by atoms with van der Waals surface area (Å²) in [6.45, 7) is 4.42. The van der Waals surface area contributed by atoms with Crippen molar-refractivity contribution in [3.8, 4) is 0 Å². The van der Waals surface area contributed by atoms with Gasteiger partial charge in [-0.25, -0.2) is 0 Å². The van der Waals surface area contributed by atoms with E-state index in [9.17, 15) is 4.79 Å². The van der Waals surface area contributed by atoms with Gasteiger partial charge in [-0.1, -0.05) is 0 Å². The normalized spacial score (nSPS) is 29.2. The molecule has 0 radical (unpaired) electrons. The Hall–Kier alpha value is -1.42. The first-order chi connectivity index (χ1) is 11.3. The molecule has 1 spiro atoms. The van der Waals surface area contributed by atoms with Crippen molar-refractivity contribution in [1.29, 1.82) is 0 Å². The minimum atomic E-state index is 0.110. The smallest absolute Gasteiger partial charge is 0.223 e. The van der Waals surface area contributed by atoms with Crippen molar-refractivity contribution in [2.24, 2.45) is 5.92 Å². The Labute approximate surface area is 138 Å². The zero-order chi connectivity index (χ0) is 15.7. The summed E-state index contributed by atoms with van der Waals surface area (Å²) in [5.41, 5.74) is 1.31. The van der Waals surface area contributed by atoms with Crippen LogP contribution in [0.1, 0.15) is 50.5 Å². The van der Waals surface area contributed by atoms with Gasteiger partial charge in [-0.05, 0) is 68.7 Å². The molecule has 1 aromatic rings. The number of nitrogens with zero attached hydrogens (tertiary/aromatic N) is 3. The Bertz CT molecular complexity index is 557. The van der Waals surface area contributed by atoms with Gasteiger partial charge in [0, 0.05) is 44.0 Å². The molecule has 3 heterocycles. The van der Waals surface area contributed by atoms with Crippen LogP contribution in [-0.4, -0.2) is 45.9 Å². The van der Waals surface area contributed by atoms with Crippen molar-refractivity contribution in [1.82, 2.24) is 14.8 Å². The minimum absolute atomic E-state index is 0.110. The second kappa shape index (κ2) is 6.23. The van der Waals surface area contributed by atoms with E-state index in [2.05, 4.69) is 14.8 Å². The lowest BCUT2D eigenvalue weighted by atomic mass is 9.87. The van der Waals surface area contributed by atoms with Crippen molar-refractivity contribution < 1.29 is 4.79 Å². The summed E-state index contributed by atoms with van der Waals surface area (Å²) in [4.78, 5) is 21.5. The third kappa shape index (κ3) is 3.27. The van der Waals surface area contributed by atoms with Gasteiger partial charge in [-0.15, -0.1) is 0 Å². The number of hydrogen-bond donors (Lipinski definition) is 0. The highest BCUT2D eigenvalue weighted by Gasteiger charge is 2.45. The highest BCUT2D eigenvalue weighted by Crippen LogP contribution is 2.40. The fraction of sp³-hybridized carbons (Fsp3) is 0.684. The second-order valence-electron chi connectivity index (χ2n) is 7.66. The summed E-state index contributed by atoms with van der Waals surface area (Å²) < 4.78 is 0. The molecule has 124 valence electrons. The van der Waals surface area contributed by atoms with Crippen LogP contribution in [0.4, 0.5) is 0 Å². The molecule has 1 aromatic heterocycles. The van der Waals surface area contributed by atoms with Gasteiger partial charge in [0.2, 0.25) is 5.91 Å². The maximum atomic E-state index is 12.5. The molecule has 2 saturated heterocycles. The van der Waals surface area contributed by atoms with E-state index in [1.807, 2.05) is 24.5 Å². The first-order valence-corrected chi connectivity index (χ1v) is 9.17. The average Bonchev–Trinajstić information content (AvgIpc) is 3.36. The van der Waals surface area contributed by atoms with Crippen molar-refractivity contribution in [2.45, 2.75) is 57.0 Å². The standard InChI is InChI=1S/C19H27N3O/c23-18-4-8-19(22(18)15-17-5-10-20-11-6-17)7-1-12-21(13-9-19)14-16-2-3-16/h5-6,10-11,16H,1-4,7-9,12-15H2/t19-/m0/s1. The quantitative estimate of drug-likeness (QED) is 0.857. The molecular weight excluding hydrogens is 286 g/mol. The lowest BCUT2D eigenvalue weighted by Crippen LogP contribution is -2.46. The van der Waals surface area contributed by atoms with Crippen LogP contribution in [-0.2, 0) is 11.3 Å². The molecule has 1 saturated carbocycles. The van der Waals surface area contributed by atoms with Crippen LogP contribution in [0.5, 0.6) is 0 Å². The number of aromatic nitrogens is 1. The van der Waals surface area contributed by atoms with Gasteiger partial charge >= 0.3 is 0 Å². The maximum Gasteiger partial charge on any atom is 0.223 e. The largest absolute Gasteiger partial charge is 0.333 e. The maximum absolute atomic E-state index is 12.5. The van der Waals surface area contributed by atoms with Gasteiger partial charge in [0.15, 0.2) is 0 Å². The number of amides is 1. The Morgan fingerprint density at radius 2 is 1.96 bits per heavy atom. The van der Waals surface area contributed by atoms with Gasteiger partial charge in [-0.3, -0.25) is 9.78 Å². The monoisotopic (exact) mass is 313 g/mol. The number of likely N-dealkylation sites (tertiary alicyclic amines) is 2. The number of rotatable bonds is 4. The van der Waals surface area contributed by atoms with Crippen LogP contribution in [0.25, 0.3) is 0 Å². The van der Waals surface area contributed by atoms with Gasteiger partial charge < -0.3 is 9.80 Å².